The molecule has 1 aromatic rings. The zero-order valence-corrected chi connectivity index (χ0v) is 9.71. The smallest absolute Gasteiger partial charge is 0.338 e. The van der Waals surface area contributed by atoms with Gasteiger partial charge >= 0.3 is 5.97 Å². The molecule has 0 amide bonds. The molecule has 1 N–H and O–H groups in total. The first kappa shape index (κ1) is 12.3. The van der Waals surface area contributed by atoms with Crippen LogP contribution < -0.4 is 4.90 Å². The van der Waals surface area contributed by atoms with Crippen molar-refractivity contribution in [2.24, 2.45) is 0 Å². The fourth-order valence-corrected chi connectivity index (χ4v) is 1.72. The van der Waals surface area contributed by atoms with E-state index in [9.17, 15) is 14.3 Å². The maximum absolute atomic E-state index is 13.6. The van der Waals surface area contributed by atoms with Crippen molar-refractivity contribution < 1.29 is 19.0 Å². The Hall–Kier alpha value is -2.14. The summed E-state index contributed by atoms with van der Waals surface area (Å²) in [6, 6.07) is 6.00. The Labute approximate surface area is 104 Å². The minimum Gasteiger partial charge on any atom is -0.466 e. The highest BCUT2D eigenvalue weighted by Crippen LogP contribution is 2.26. The number of aliphatic hydroxyl groups excluding tert-OH is 1. The number of carbonyl (C=O) groups is 1. The molecule has 18 heavy (non-hydrogen) atoms. The van der Waals surface area contributed by atoms with Gasteiger partial charge in [-0.25, -0.2) is 9.18 Å². The summed E-state index contributed by atoms with van der Waals surface area (Å²) in [5.41, 5.74) is 0.249. The van der Waals surface area contributed by atoms with Crippen LogP contribution in [-0.2, 0) is 9.53 Å². The van der Waals surface area contributed by atoms with E-state index < -0.39 is 18.0 Å². The molecule has 0 aromatic heterocycles. The van der Waals surface area contributed by atoms with Gasteiger partial charge in [0.05, 0.1) is 18.4 Å². The SMILES string of the molecule is COC(=O)C1=CC=CN(c2ccccc2F)C1O. The van der Waals surface area contributed by atoms with Crippen molar-refractivity contribution >= 4 is 11.7 Å². The first-order valence-electron chi connectivity index (χ1n) is 5.33. The van der Waals surface area contributed by atoms with Crippen LogP contribution in [-0.4, -0.2) is 24.4 Å². The molecule has 94 valence electrons. The van der Waals surface area contributed by atoms with Gasteiger partial charge in [0.2, 0.25) is 0 Å². The minimum atomic E-state index is -1.26. The number of benzene rings is 1. The predicted octanol–water partition coefficient (Wildman–Crippen LogP) is 1.58. The van der Waals surface area contributed by atoms with Gasteiger partial charge in [-0.15, -0.1) is 0 Å². The van der Waals surface area contributed by atoms with Gasteiger partial charge in [0, 0.05) is 6.20 Å². The molecule has 1 heterocycles. The van der Waals surface area contributed by atoms with Crippen molar-refractivity contribution in [3.63, 3.8) is 0 Å². The van der Waals surface area contributed by atoms with Gasteiger partial charge in [0.15, 0.2) is 6.23 Å². The van der Waals surface area contributed by atoms with Crippen LogP contribution in [0.4, 0.5) is 10.1 Å². The zero-order chi connectivity index (χ0) is 13.1. The molecule has 1 aromatic carbocycles. The lowest BCUT2D eigenvalue weighted by molar-refractivity contribution is -0.137. The molecule has 0 spiro atoms. The number of nitrogens with zero attached hydrogens (tertiary/aromatic N) is 1. The molecule has 4 nitrogen and oxygen atoms in total. The lowest BCUT2D eigenvalue weighted by Gasteiger charge is -2.29. The second-order valence-electron chi connectivity index (χ2n) is 3.69. The van der Waals surface area contributed by atoms with Crippen molar-refractivity contribution in [3.8, 4) is 0 Å². The summed E-state index contributed by atoms with van der Waals surface area (Å²) in [6.45, 7) is 0. The van der Waals surface area contributed by atoms with Gasteiger partial charge in [0.25, 0.3) is 0 Å². The van der Waals surface area contributed by atoms with Crippen LogP contribution in [0, 0.1) is 5.82 Å². The lowest BCUT2D eigenvalue weighted by Crippen LogP contribution is -2.37. The molecule has 5 heteroatoms. The van der Waals surface area contributed by atoms with Crippen LogP contribution in [0.25, 0.3) is 0 Å². The molecular formula is C13H12FNO3. The number of anilines is 1. The van der Waals surface area contributed by atoms with E-state index in [2.05, 4.69) is 4.74 Å². The summed E-state index contributed by atoms with van der Waals surface area (Å²) < 4.78 is 18.2. The van der Waals surface area contributed by atoms with Crippen LogP contribution in [0.3, 0.4) is 0 Å². The lowest BCUT2D eigenvalue weighted by atomic mass is 10.1. The van der Waals surface area contributed by atoms with Crippen molar-refractivity contribution in [2.45, 2.75) is 6.23 Å². The Balaban J connectivity index is 2.34. The number of hydrogen-bond donors (Lipinski definition) is 1. The Morgan fingerprint density at radius 1 is 1.44 bits per heavy atom. The normalized spacial score (nSPS) is 18.5. The van der Waals surface area contributed by atoms with Crippen LogP contribution in [0.5, 0.6) is 0 Å². The molecule has 0 fully saturated rings. The third-order valence-electron chi connectivity index (χ3n) is 2.62. The largest absolute Gasteiger partial charge is 0.466 e. The summed E-state index contributed by atoms with van der Waals surface area (Å²) in [5, 5.41) is 10.0. The molecular weight excluding hydrogens is 237 g/mol. The molecule has 1 atom stereocenters. The van der Waals surface area contributed by atoms with E-state index in [-0.39, 0.29) is 11.3 Å². The van der Waals surface area contributed by atoms with E-state index >= 15 is 0 Å². The molecule has 0 bridgehead atoms. The van der Waals surface area contributed by atoms with E-state index in [1.165, 1.54) is 36.4 Å². The highest BCUT2D eigenvalue weighted by molar-refractivity contribution is 5.91. The fraction of sp³-hybridized carbons (Fsp3) is 0.154. The summed E-state index contributed by atoms with van der Waals surface area (Å²) in [5.74, 6) is -1.12. The number of hydrogen-bond acceptors (Lipinski definition) is 4. The molecule has 1 unspecified atom stereocenters. The Morgan fingerprint density at radius 2 is 2.17 bits per heavy atom. The standard InChI is InChI=1S/C13H12FNO3/c1-18-13(17)9-5-4-8-15(12(9)16)11-7-3-2-6-10(11)14/h2-8,12,16H,1H3. The second-order valence-corrected chi connectivity index (χ2v) is 3.69. The van der Waals surface area contributed by atoms with E-state index in [1.54, 1.807) is 18.2 Å². The van der Waals surface area contributed by atoms with Crippen LogP contribution in [0.1, 0.15) is 0 Å². The quantitative estimate of drug-likeness (QED) is 0.808. The van der Waals surface area contributed by atoms with Crippen molar-refractivity contribution in [2.75, 3.05) is 12.0 Å². The molecule has 1 aliphatic rings. The first-order valence-corrected chi connectivity index (χ1v) is 5.33. The molecule has 0 aliphatic carbocycles. The molecule has 0 saturated carbocycles. The maximum atomic E-state index is 13.6. The van der Waals surface area contributed by atoms with Crippen LogP contribution in [0.15, 0.2) is 48.2 Å². The minimum absolute atomic E-state index is 0.0586. The number of esters is 1. The zero-order valence-electron chi connectivity index (χ0n) is 9.71. The number of ether oxygens (including phenoxy) is 1. The van der Waals surface area contributed by atoms with Crippen molar-refractivity contribution in [1.29, 1.82) is 0 Å². The summed E-state index contributed by atoms with van der Waals surface area (Å²) >= 11 is 0. The monoisotopic (exact) mass is 249 g/mol. The average Bonchev–Trinajstić information content (AvgIpc) is 2.39. The van der Waals surface area contributed by atoms with Crippen LogP contribution in [0.2, 0.25) is 0 Å². The maximum Gasteiger partial charge on any atom is 0.338 e. The number of rotatable bonds is 2. The molecule has 2 rings (SSSR count). The fourth-order valence-electron chi connectivity index (χ4n) is 1.72. The summed E-state index contributed by atoms with van der Waals surface area (Å²) in [7, 11) is 1.22. The van der Waals surface area contributed by atoms with Crippen molar-refractivity contribution in [1.82, 2.24) is 0 Å². The topological polar surface area (TPSA) is 49.8 Å². The highest BCUT2D eigenvalue weighted by atomic mass is 19.1. The third-order valence-corrected chi connectivity index (χ3v) is 2.62. The number of carbonyl (C=O) groups excluding carboxylic acids is 1. The van der Waals surface area contributed by atoms with E-state index in [4.69, 9.17) is 0 Å². The summed E-state index contributed by atoms with van der Waals surface area (Å²) in [4.78, 5) is 12.7. The second kappa shape index (κ2) is 5.01. The molecule has 0 saturated heterocycles. The third kappa shape index (κ3) is 2.12. The van der Waals surface area contributed by atoms with Crippen molar-refractivity contribution in [3.05, 3.63) is 54.0 Å². The van der Waals surface area contributed by atoms with E-state index in [1.807, 2.05) is 0 Å². The van der Waals surface area contributed by atoms with E-state index in [0.29, 0.717) is 0 Å². The van der Waals surface area contributed by atoms with Gasteiger partial charge in [0.1, 0.15) is 5.82 Å². The van der Waals surface area contributed by atoms with Gasteiger partial charge in [-0.05, 0) is 24.3 Å². The average molecular weight is 249 g/mol. The predicted molar refractivity (Wildman–Crippen MR) is 64.1 cm³/mol. The summed E-state index contributed by atoms with van der Waals surface area (Å²) in [6.07, 6.45) is 3.22. The number of methoxy groups -OCH3 is 1. The van der Waals surface area contributed by atoms with Gasteiger partial charge in [-0.3, -0.25) is 0 Å². The number of allylic oxidation sites excluding steroid dienone is 2. The Kier molecular flexibility index (Phi) is 3.43. The molecule has 1 aliphatic heterocycles. The number of halogens is 1. The molecule has 0 radical (unpaired) electrons. The number of para-hydroxylation sites is 1. The van der Waals surface area contributed by atoms with Gasteiger partial charge in [-0.1, -0.05) is 12.1 Å². The van der Waals surface area contributed by atoms with E-state index in [0.717, 1.165) is 0 Å². The Bertz CT molecular complexity index is 525. The Morgan fingerprint density at radius 3 is 2.83 bits per heavy atom. The number of aliphatic hydroxyl groups is 1. The van der Waals surface area contributed by atoms with Crippen LogP contribution >= 0.6 is 0 Å². The first-order chi connectivity index (χ1) is 8.65. The highest BCUT2D eigenvalue weighted by Gasteiger charge is 2.27. The van der Waals surface area contributed by atoms with Gasteiger partial charge < -0.3 is 14.7 Å². The van der Waals surface area contributed by atoms with Gasteiger partial charge in [-0.2, -0.15) is 0 Å².